The molecule has 0 radical (unpaired) electrons. The second-order valence-corrected chi connectivity index (χ2v) is 1.31. The zero-order valence-corrected chi connectivity index (χ0v) is 2.94. The van der Waals surface area contributed by atoms with Crippen LogP contribution in [0.1, 0.15) is 22.0 Å². The molecule has 1 aliphatic carbocycles. The highest BCUT2D eigenvalue weighted by atomic mass is 16.3. The van der Waals surface area contributed by atoms with Crippen molar-refractivity contribution in [2.24, 2.45) is 0 Å². The lowest BCUT2D eigenvalue weighted by atomic mass is 9.97. The van der Waals surface area contributed by atoms with E-state index in [1.807, 2.05) is 0 Å². The van der Waals surface area contributed by atoms with Gasteiger partial charge in [-0.1, -0.05) is 0 Å². The Morgan fingerprint density at radius 2 is 2.40 bits per heavy atom. The molecule has 1 rings (SSSR count). The van der Waals surface area contributed by atoms with Crippen molar-refractivity contribution in [1.82, 2.24) is 0 Å². The van der Waals surface area contributed by atoms with Gasteiger partial charge in [0.15, 0.2) is 0 Å². The molecule has 0 bridgehead atoms. The molecule has 30 valence electrons. The maximum absolute atomic E-state index is 8.54. The third-order valence-electron chi connectivity index (χ3n) is 0.760. The van der Waals surface area contributed by atoms with Crippen LogP contribution in [0.15, 0.2) is 0 Å². The Kier molecular flexibility index (Phi) is 0.314. The highest BCUT2D eigenvalue weighted by Crippen LogP contribution is 2.16. The van der Waals surface area contributed by atoms with Gasteiger partial charge < -0.3 is 5.11 Å². The van der Waals surface area contributed by atoms with Crippen LogP contribution in [0.25, 0.3) is 0 Å². The maximum atomic E-state index is 8.54. The summed E-state index contributed by atoms with van der Waals surface area (Å²) in [6.07, 6.45) is -0.769. The Morgan fingerprint density at radius 1 is 1.80 bits per heavy atom. The fourth-order valence-corrected chi connectivity index (χ4v) is 0.273. The smallest absolute Gasteiger partial charge is 0.0540 e. The topological polar surface area (TPSA) is 20.2 Å². The minimum atomic E-state index is -1.06. The second-order valence-electron chi connectivity index (χ2n) is 1.31. The standard InChI is InChI=1S/C4H8O/c5-4-2-1-3-4/h4-5H,1-3H2/i1D2. The van der Waals surface area contributed by atoms with Gasteiger partial charge in [-0.2, -0.15) is 0 Å². The van der Waals surface area contributed by atoms with Gasteiger partial charge in [-0.3, -0.25) is 0 Å². The van der Waals surface area contributed by atoms with E-state index in [2.05, 4.69) is 0 Å². The predicted octanol–water partition coefficient (Wildman–Crippen LogP) is 0.531. The van der Waals surface area contributed by atoms with E-state index in [9.17, 15) is 0 Å². The molecule has 0 amide bonds. The number of aliphatic hydroxyl groups excluding tert-OH is 1. The number of aliphatic hydroxyl groups is 1. The van der Waals surface area contributed by atoms with E-state index in [0.29, 0.717) is 12.8 Å². The van der Waals surface area contributed by atoms with Crippen molar-refractivity contribution >= 4 is 0 Å². The number of rotatable bonds is 0. The third kappa shape index (κ3) is 0.428. The Hall–Kier alpha value is -0.0400. The molecule has 0 aromatic heterocycles. The van der Waals surface area contributed by atoms with Gasteiger partial charge in [0, 0.05) is 2.74 Å². The molecule has 1 nitrogen and oxygen atoms in total. The lowest BCUT2D eigenvalue weighted by Crippen LogP contribution is -2.15. The van der Waals surface area contributed by atoms with Gasteiger partial charge >= 0.3 is 0 Å². The van der Waals surface area contributed by atoms with E-state index < -0.39 is 6.37 Å². The van der Waals surface area contributed by atoms with Gasteiger partial charge in [-0.15, -0.1) is 0 Å². The van der Waals surface area contributed by atoms with E-state index in [1.165, 1.54) is 0 Å². The van der Waals surface area contributed by atoms with Crippen LogP contribution in [-0.4, -0.2) is 11.2 Å². The molecule has 1 saturated carbocycles. The third-order valence-corrected chi connectivity index (χ3v) is 0.760. The van der Waals surface area contributed by atoms with Crippen molar-refractivity contribution in [3.63, 3.8) is 0 Å². The van der Waals surface area contributed by atoms with E-state index in [0.717, 1.165) is 0 Å². The van der Waals surface area contributed by atoms with Crippen molar-refractivity contribution in [3.8, 4) is 0 Å². The van der Waals surface area contributed by atoms with E-state index in [1.54, 1.807) is 0 Å². The van der Waals surface area contributed by atoms with Crippen LogP contribution < -0.4 is 0 Å². The van der Waals surface area contributed by atoms with E-state index in [4.69, 9.17) is 7.85 Å². The fourth-order valence-electron chi connectivity index (χ4n) is 0.273. The molecule has 5 heavy (non-hydrogen) atoms. The Labute approximate surface area is 34.4 Å². The summed E-state index contributed by atoms with van der Waals surface area (Å²) in [4.78, 5) is 0. The largest absolute Gasteiger partial charge is 0.393 e. The van der Waals surface area contributed by atoms with Crippen LogP contribution in [0.5, 0.6) is 0 Å². The lowest BCUT2D eigenvalue weighted by Gasteiger charge is -2.17. The minimum absolute atomic E-state index is 0.326. The maximum Gasteiger partial charge on any atom is 0.0540 e. The summed E-state index contributed by atoms with van der Waals surface area (Å²) >= 11 is 0. The molecule has 1 fully saturated rings. The van der Waals surface area contributed by atoms with Crippen molar-refractivity contribution in [2.45, 2.75) is 25.3 Å². The molecule has 1 N–H and O–H groups in total. The summed E-state index contributed by atoms with van der Waals surface area (Å²) < 4.78 is 13.8. The van der Waals surface area contributed by atoms with Gasteiger partial charge in [0.05, 0.1) is 6.10 Å². The molecular weight excluding hydrogens is 64.0 g/mol. The molecule has 0 aromatic rings. The zero-order chi connectivity index (χ0) is 5.49. The summed E-state index contributed by atoms with van der Waals surface area (Å²) in [5, 5.41) is 8.54. The first kappa shape index (κ1) is 1.61. The normalized spacial score (nSPS) is 41.8. The van der Waals surface area contributed by atoms with Gasteiger partial charge in [-0.05, 0) is 19.2 Å². The average molecular weight is 74.1 g/mol. The minimum Gasteiger partial charge on any atom is -0.393 e. The molecule has 0 unspecified atom stereocenters. The van der Waals surface area contributed by atoms with E-state index >= 15 is 0 Å². The average Bonchev–Trinajstić information content (AvgIpc) is 1.27. The van der Waals surface area contributed by atoms with Crippen LogP contribution >= 0.6 is 0 Å². The van der Waals surface area contributed by atoms with Crippen molar-refractivity contribution in [3.05, 3.63) is 0 Å². The highest BCUT2D eigenvalue weighted by Gasteiger charge is 2.11. The fraction of sp³-hybridized carbons (Fsp3) is 1.00. The Morgan fingerprint density at radius 3 is 2.40 bits per heavy atom. The zero-order valence-electron chi connectivity index (χ0n) is 4.94. The van der Waals surface area contributed by atoms with Crippen LogP contribution in [0.2, 0.25) is 0 Å². The summed E-state index contributed by atoms with van der Waals surface area (Å²) in [5.74, 6) is 0. The SMILES string of the molecule is [2H]C1([2H])CC(O)C1. The second kappa shape index (κ2) is 0.977. The summed E-state index contributed by atoms with van der Waals surface area (Å²) in [5.41, 5.74) is 0. The van der Waals surface area contributed by atoms with Crippen LogP contribution in [0, 0.1) is 0 Å². The highest BCUT2D eigenvalue weighted by molar-refractivity contribution is 4.65. The van der Waals surface area contributed by atoms with E-state index in [-0.39, 0.29) is 6.10 Å². The van der Waals surface area contributed by atoms with Crippen molar-refractivity contribution in [1.29, 1.82) is 0 Å². The van der Waals surface area contributed by atoms with Gasteiger partial charge in [0.2, 0.25) is 0 Å². The molecular formula is C4H8O. The molecule has 0 heterocycles. The summed E-state index contributed by atoms with van der Waals surface area (Å²) in [7, 11) is 0. The van der Waals surface area contributed by atoms with Crippen molar-refractivity contribution in [2.75, 3.05) is 0 Å². The molecule has 0 saturated heterocycles. The molecule has 1 aliphatic rings. The Bertz CT molecular complexity index is 73.8. The first-order valence-electron chi connectivity index (χ1n) is 2.78. The molecule has 0 aliphatic heterocycles. The van der Waals surface area contributed by atoms with Crippen molar-refractivity contribution < 1.29 is 7.85 Å². The summed E-state index contributed by atoms with van der Waals surface area (Å²) in [6, 6.07) is 0. The molecule has 0 atom stereocenters. The quantitative estimate of drug-likeness (QED) is 0.444. The molecule has 1 heteroatoms. The van der Waals surface area contributed by atoms with Gasteiger partial charge in [-0.25, -0.2) is 0 Å². The predicted molar refractivity (Wildman–Crippen MR) is 19.9 cm³/mol. The van der Waals surface area contributed by atoms with Crippen LogP contribution in [0.4, 0.5) is 0 Å². The monoisotopic (exact) mass is 74.1 g/mol. The first-order valence-corrected chi connectivity index (χ1v) is 1.78. The number of hydrogen-bond donors (Lipinski definition) is 1. The van der Waals surface area contributed by atoms with Crippen LogP contribution in [-0.2, 0) is 0 Å². The molecule has 0 aromatic carbocycles. The van der Waals surface area contributed by atoms with Gasteiger partial charge in [0.25, 0.3) is 0 Å². The summed E-state index contributed by atoms with van der Waals surface area (Å²) in [6.45, 7) is 0. The molecule has 0 spiro atoms. The van der Waals surface area contributed by atoms with Crippen LogP contribution in [0.3, 0.4) is 0 Å². The lowest BCUT2D eigenvalue weighted by molar-refractivity contribution is 0.0950. The Balaban J connectivity index is 2.29. The first-order chi connectivity index (χ1) is 3.10. The van der Waals surface area contributed by atoms with Gasteiger partial charge in [0.1, 0.15) is 0 Å². The number of hydrogen-bond acceptors (Lipinski definition) is 1.